The highest BCUT2D eigenvalue weighted by Crippen LogP contribution is 2.19. The number of nitrogen functional groups attached to an aromatic ring is 1. The molecule has 0 radical (unpaired) electrons. The maximum Gasteiger partial charge on any atom is 0.258 e. The van der Waals surface area contributed by atoms with Gasteiger partial charge in [0.05, 0.1) is 16.9 Å². The van der Waals surface area contributed by atoms with Crippen molar-refractivity contribution in [1.29, 1.82) is 0 Å². The third kappa shape index (κ3) is 2.69. The molecular weight excluding hydrogens is 276 g/mol. The Morgan fingerprint density at radius 3 is 2.50 bits per heavy atom. The first kappa shape index (κ1) is 13.9. The van der Waals surface area contributed by atoms with Crippen molar-refractivity contribution in [2.45, 2.75) is 6.92 Å². The van der Waals surface area contributed by atoms with Crippen LogP contribution in [0, 0.1) is 6.92 Å². The van der Waals surface area contributed by atoms with Crippen LogP contribution in [0.1, 0.15) is 16.1 Å². The van der Waals surface area contributed by atoms with Gasteiger partial charge in [-0.25, -0.2) is 4.68 Å². The summed E-state index contributed by atoms with van der Waals surface area (Å²) in [6, 6.07) is 18.4. The van der Waals surface area contributed by atoms with E-state index in [1.165, 1.54) is 0 Å². The summed E-state index contributed by atoms with van der Waals surface area (Å²) < 4.78 is 1.70. The number of anilines is 2. The van der Waals surface area contributed by atoms with Crippen LogP contribution in [-0.2, 0) is 0 Å². The average Bonchev–Trinajstić information content (AvgIpc) is 2.89. The second-order valence-electron chi connectivity index (χ2n) is 4.96. The maximum atomic E-state index is 12.4. The van der Waals surface area contributed by atoms with E-state index in [-0.39, 0.29) is 5.91 Å². The Morgan fingerprint density at radius 2 is 1.77 bits per heavy atom. The molecule has 5 heteroatoms. The third-order valence-corrected chi connectivity index (χ3v) is 3.28. The minimum atomic E-state index is -0.254. The molecule has 0 saturated heterocycles. The van der Waals surface area contributed by atoms with Crippen molar-refractivity contribution < 1.29 is 4.79 Å². The van der Waals surface area contributed by atoms with Crippen LogP contribution in [0.5, 0.6) is 0 Å². The van der Waals surface area contributed by atoms with Gasteiger partial charge in [0.25, 0.3) is 5.91 Å². The smallest absolute Gasteiger partial charge is 0.258 e. The van der Waals surface area contributed by atoms with Crippen molar-refractivity contribution >= 4 is 17.4 Å². The van der Waals surface area contributed by atoms with Gasteiger partial charge >= 0.3 is 0 Å². The molecule has 110 valence electrons. The normalized spacial score (nSPS) is 10.4. The summed E-state index contributed by atoms with van der Waals surface area (Å²) in [5.74, 6) is 0.354. The first-order chi connectivity index (χ1) is 10.6. The van der Waals surface area contributed by atoms with Crippen LogP contribution in [0.4, 0.5) is 11.5 Å². The van der Waals surface area contributed by atoms with Crippen molar-refractivity contribution in [3.8, 4) is 5.69 Å². The average molecular weight is 292 g/mol. The van der Waals surface area contributed by atoms with Gasteiger partial charge < -0.3 is 11.1 Å². The molecule has 22 heavy (non-hydrogen) atoms. The van der Waals surface area contributed by atoms with Crippen LogP contribution in [-0.4, -0.2) is 15.7 Å². The van der Waals surface area contributed by atoms with Gasteiger partial charge in [-0.1, -0.05) is 30.3 Å². The van der Waals surface area contributed by atoms with E-state index in [0.717, 1.165) is 11.4 Å². The summed E-state index contributed by atoms with van der Waals surface area (Å²) in [6.45, 7) is 1.88. The number of aromatic nitrogens is 2. The number of carbonyl (C=O) groups is 1. The molecule has 3 rings (SSSR count). The van der Waals surface area contributed by atoms with Crippen LogP contribution >= 0.6 is 0 Å². The number of para-hydroxylation sites is 2. The van der Waals surface area contributed by atoms with Crippen molar-refractivity contribution in [2.75, 3.05) is 11.1 Å². The van der Waals surface area contributed by atoms with Crippen molar-refractivity contribution in [3.05, 3.63) is 71.9 Å². The molecule has 0 saturated carbocycles. The Labute approximate surface area is 128 Å². The van der Waals surface area contributed by atoms with Crippen LogP contribution in [0.25, 0.3) is 5.69 Å². The molecule has 0 bridgehead atoms. The Balaban J connectivity index is 1.94. The predicted octanol–water partition coefficient (Wildman–Crippen LogP) is 3.02. The van der Waals surface area contributed by atoms with E-state index in [1.807, 2.05) is 43.3 Å². The minimum Gasteiger partial charge on any atom is -0.398 e. The Kier molecular flexibility index (Phi) is 3.62. The Morgan fingerprint density at radius 1 is 1.09 bits per heavy atom. The highest BCUT2D eigenvalue weighted by molar-refractivity contribution is 6.07. The first-order valence-electron chi connectivity index (χ1n) is 6.93. The molecule has 0 aliphatic carbocycles. The zero-order valence-corrected chi connectivity index (χ0v) is 12.2. The number of nitrogens with zero attached hydrogens (tertiary/aromatic N) is 2. The molecular formula is C17H16N4O. The van der Waals surface area contributed by atoms with Gasteiger partial charge in [-0.15, -0.1) is 0 Å². The largest absolute Gasteiger partial charge is 0.398 e. The molecule has 0 unspecified atom stereocenters. The highest BCUT2D eigenvalue weighted by Gasteiger charge is 2.13. The zero-order chi connectivity index (χ0) is 15.5. The van der Waals surface area contributed by atoms with Crippen LogP contribution in [0.15, 0.2) is 60.7 Å². The summed E-state index contributed by atoms with van der Waals surface area (Å²) in [5.41, 5.74) is 8.44. The van der Waals surface area contributed by atoms with Crippen LogP contribution < -0.4 is 11.1 Å². The SMILES string of the molecule is Cc1cc(NC(=O)c2ccccc2N)n(-c2ccccc2)n1. The highest BCUT2D eigenvalue weighted by atomic mass is 16.1. The molecule has 1 amide bonds. The fourth-order valence-electron chi connectivity index (χ4n) is 2.24. The molecule has 1 heterocycles. The summed E-state index contributed by atoms with van der Waals surface area (Å²) in [5, 5.41) is 7.29. The predicted molar refractivity (Wildman–Crippen MR) is 87.1 cm³/mol. The lowest BCUT2D eigenvalue weighted by atomic mass is 10.1. The van der Waals surface area contributed by atoms with E-state index in [1.54, 1.807) is 28.9 Å². The molecule has 0 aliphatic rings. The summed E-state index contributed by atoms with van der Waals surface area (Å²) >= 11 is 0. The number of carbonyl (C=O) groups excluding carboxylic acids is 1. The fraction of sp³-hybridized carbons (Fsp3) is 0.0588. The lowest BCUT2D eigenvalue weighted by Crippen LogP contribution is -2.16. The number of aryl methyl sites for hydroxylation is 1. The monoisotopic (exact) mass is 292 g/mol. The van der Waals surface area contributed by atoms with Gasteiger partial charge in [0, 0.05) is 11.8 Å². The van der Waals surface area contributed by atoms with Crippen molar-refractivity contribution in [3.63, 3.8) is 0 Å². The number of hydrogen-bond donors (Lipinski definition) is 2. The third-order valence-electron chi connectivity index (χ3n) is 3.28. The second kappa shape index (κ2) is 5.73. The summed E-state index contributed by atoms with van der Waals surface area (Å²) in [7, 11) is 0. The lowest BCUT2D eigenvalue weighted by molar-refractivity contribution is 0.102. The number of amides is 1. The maximum absolute atomic E-state index is 12.4. The van der Waals surface area contributed by atoms with E-state index in [4.69, 9.17) is 5.73 Å². The van der Waals surface area contributed by atoms with Crippen LogP contribution in [0.2, 0.25) is 0 Å². The summed E-state index contributed by atoms with van der Waals surface area (Å²) in [4.78, 5) is 12.4. The van der Waals surface area contributed by atoms with Gasteiger partial charge in [0.15, 0.2) is 0 Å². The van der Waals surface area contributed by atoms with Gasteiger partial charge in [0.2, 0.25) is 0 Å². The van der Waals surface area contributed by atoms with E-state index in [0.29, 0.717) is 17.1 Å². The van der Waals surface area contributed by atoms with Crippen LogP contribution in [0.3, 0.4) is 0 Å². The second-order valence-corrected chi connectivity index (χ2v) is 4.96. The number of nitrogens with two attached hydrogens (primary N) is 1. The Hall–Kier alpha value is -3.08. The van der Waals surface area contributed by atoms with Gasteiger partial charge in [-0.05, 0) is 31.2 Å². The molecule has 1 aromatic heterocycles. The molecule has 3 N–H and O–H groups in total. The number of rotatable bonds is 3. The number of hydrogen-bond acceptors (Lipinski definition) is 3. The first-order valence-corrected chi connectivity index (χ1v) is 6.93. The zero-order valence-electron chi connectivity index (χ0n) is 12.2. The van der Waals surface area contributed by atoms with E-state index in [2.05, 4.69) is 10.4 Å². The molecule has 0 aliphatic heterocycles. The Bertz CT molecular complexity index is 809. The van der Waals surface area contributed by atoms with Crippen molar-refractivity contribution in [2.24, 2.45) is 0 Å². The topological polar surface area (TPSA) is 72.9 Å². The van der Waals surface area contributed by atoms with E-state index in [9.17, 15) is 4.79 Å². The quantitative estimate of drug-likeness (QED) is 0.729. The molecule has 0 spiro atoms. The number of benzene rings is 2. The van der Waals surface area contributed by atoms with Crippen molar-refractivity contribution in [1.82, 2.24) is 9.78 Å². The standard InChI is InChI=1S/C17H16N4O/c1-12-11-16(21(20-12)13-7-3-2-4-8-13)19-17(22)14-9-5-6-10-15(14)18/h2-11H,18H2,1H3,(H,19,22). The fourth-order valence-corrected chi connectivity index (χ4v) is 2.24. The lowest BCUT2D eigenvalue weighted by Gasteiger charge is -2.10. The molecule has 0 fully saturated rings. The summed E-state index contributed by atoms with van der Waals surface area (Å²) in [6.07, 6.45) is 0. The van der Waals surface area contributed by atoms with Gasteiger partial charge in [-0.2, -0.15) is 5.10 Å². The molecule has 3 aromatic rings. The molecule has 5 nitrogen and oxygen atoms in total. The number of nitrogens with one attached hydrogen (secondary N) is 1. The van der Waals surface area contributed by atoms with Gasteiger partial charge in [-0.3, -0.25) is 4.79 Å². The molecule has 2 aromatic carbocycles. The van der Waals surface area contributed by atoms with Gasteiger partial charge in [0.1, 0.15) is 5.82 Å². The van der Waals surface area contributed by atoms with E-state index >= 15 is 0 Å². The van der Waals surface area contributed by atoms with E-state index < -0.39 is 0 Å². The minimum absolute atomic E-state index is 0.254. The molecule has 0 atom stereocenters.